The fourth-order valence-electron chi connectivity index (χ4n) is 1.18. The molecule has 1 nitrogen and oxygen atoms in total. The standard InChI is InChI=1S/C9H9NS/c1-6-2-3-8-7(4-6)5-9(10)11-8/h2-5H,10H2,1H3. The zero-order valence-electron chi connectivity index (χ0n) is 6.29. The van der Waals surface area contributed by atoms with Crippen LogP contribution in [-0.4, -0.2) is 0 Å². The maximum atomic E-state index is 5.66. The Morgan fingerprint density at radius 1 is 1.27 bits per heavy atom. The van der Waals surface area contributed by atoms with E-state index in [1.165, 1.54) is 15.6 Å². The zero-order chi connectivity index (χ0) is 7.84. The second-order valence-electron chi connectivity index (χ2n) is 2.69. The predicted octanol–water partition coefficient (Wildman–Crippen LogP) is 2.79. The largest absolute Gasteiger partial charge is 0.391 e. The molecule has 0 unspecified atom stereocenters. The van der Waals surface area contributed by atoms with E-state index in [9.17, 15) is 0 Å². The summed E-state index contributed by atoms with van der Waals surface area (Å²) in [6.07, 6.45) is 0. The van der Waals surface area contributed by atoms with Gasteiger partial charge in [-0.2, -0.15) is 0 Å². The van der Waals surface area contributed by atoms with Crippen molar-refractivity contribution in [3.63, 3.8) is 0 Å². The highest BCUT2D eigenvalue weighted by Gasteiger charge is 1.96. The smallest absolute Gasteiger partial charge is 0.0868 e. The van der Waals surface area contributed by atoms with Crippen molar-refractivity contribution < 1.29 is 0 Å². The molecule has 0 aliphatic heterocycles. The molecule has 0 saturated heterocycles. The average Bonchev–Trinajstić information content (AvgIpc) is 2.27. The molecule has 0 amide bonds. The lowest BCUT2D eigenvalue weighted by atomic mass is 10.2. The van der Waals surface area contributed by atoms with Gasteiger partial charge in [0.05, 0.1) is 5.00 Å². The van der Waals surface area contributed by atoms with Crippen molar-refractivity contribution in [3.05, 3.63) is 29.8 Å². The van der Waals surface area contributed by atoms with Crippen molar-refractivity contribution >= 4 is 26.4 Å². The minimum absolute atomic E-state index is 0.894. The molecule has 0 aliphatic carbocycles. The lowest BCUT2D eigenvalue weighted by Gasteiger charge is -1.89. The Hall–Kier alpha value is -1.02. The van der Waals surface area contributed by atoms with Gasteiger partial charge in [-0.3, -0.25) is 0 Å². The molecule has 0 saturated carbocycles. The monoisotopic (exact) mass is 163 g/mol. The molecule has 56 valence electrons. The van der Waals surface area contributed by atoms with Crippen LogP contribution in [0.1, 0.15) is 5.56 Å². The summed E-state index contributed by atoms with van der Waals surface area (Å²) in [6.45, 7) is 2.09. The molecule has 0 atom stereocenters. The number of anilines is 1. The van der Waals surface area contributed by atoms with Crippen LogP contribution in [0.2, 0.25) is 0 Å². The highest BCUT2D eigenvalue weighted by atomic mass is 32.1. The summed E-state index contributed by atoms with van der Waals surface area (Å²) in [7, 11) is 0. The van der Waals surface area contributed by atoms with Gasteiger partial charge in [0.15, 0.2) is 0 Å². The number of thiophene rings is 1. The van der Waals surface area contributed by atoms with E-state index < -0.39 is 0 Å². The third-order valence-electron chi connectivity index (χ3n) is 1.69. The molecular weight excluding hydrogens is 154 g/mol. The molecule has 2 rings (SSSR count). The molecule has 0 aliphatic rings. The molecule has 0 spiro atoms. The number of fused-ring (bicyclic) bond motifs is 1. The Morgan fingerprint density at radius 2 is 2.09 bits per heavy atom. The molecule has 1 aromatic heterocycles. The van der Waals surface area contributed by atoms with E-state index in [-0.39, 0.29) is 0 Å². The minimum atomic E-state index is 0.894. The van der Waals surface area contributed by atoms with Crippen LogP contribution < -0.4 is 5.73 Å². The van der Waals surface area contributed by atoms with Crippen molar-refractivity contribution in [1.82, 2.24) is 0 Å². The van der Waals surface area contributed by atoms with Gasteiger partial charge in [0, 0.05) is 4.70 Å². The van der Waals surface area contributed by atoms with Gasteiger partial charge in [0.25, 0.3) is 0 Å². The number of hydrogen-bond donors (Lipinski definition) is 1. The van der Waals surface area contributed by atoms with Crippen LogP contribution in [0.15, 0.2) is 24.3 Å². The maximum absolute atomic E-state index is 5.66. The average molecular weight is 163 g/mol. The fourth-order valence-corrected chi connectivity index (χ4v) is 1.99. The fraction of sp³-hybridized carbons (Fsp3) is 0.111. The molecular formula is C9H9NS. The summed E-state index contributed by atoms with van der Waals surface area (Å²) < 4.78 is 1.27. The Kier molecular flexibility index (Phi) is 1.36. The number of nitrogen functional groups attached to an aromatic ring is 1. The van der Waals surface area contributed by atoms with Gasteiger partial charge >= 0.3 is 0 Å². The van der Waals surface area contributed by atoms with Crippen molar-refractivity contribution in [1.29, 1.82) is 0 Å². The van der Waals surface area contributed by atoms with Gasteiger partial charge in [-0.1, -0.05) is 17.7 Å². The summed E-state index contributed by atoms with van der Waals surface area (Å²) in [5.41, 5.74) is 6.95. The first-order chi connectivity index (χ1) is 5.25. The van der Waals surface area contributed by atoms with Crippen LogP contribution >= 0.6 is 11.3 Å². The maximum Gasteiger partial charge on any atom is 0.0868 e. The van der Waals surface area contributed by atoms with Gasteiger partial charge < -0.3 is 5.73 Å². The first kappa shape index (κ1) is 6.68. The van der Waals surface area contributed by atoms with Crippen LogP contribution in [0.3, 0.4) is 0 Å². The summed E-state index contributed by atoms with van der Waals surface area (Å²) in [4.78, 5) is 0. The van der Waals surface area contributed by atoms with Crippen LogP contribution in [0.25, 0.3) is 10.1 Å². The summed E-state index contributed by atoms with van der Waals surface area (Å²) in [5, 5.41) is 2.15. The summed E-state index contributed by atoms with van der Waals surface area (Å²) in [5.74, 6) is 0. The SMILES string of the molecule is Cc1ccc2sc(N)cc2c1. The van der Waals surface area contributed by atoms with Gasteiger partial charge in [-0.05, 0) is 24.4 Å². The quantitative estimate of drug-likeness (QED) is 0.635. The van der Waals surface area contributed by atoms with Gasteiger partial charge in [-0.15, -0.1) is 11.3 Å². The lowest BCUT2D eigenvalue weighted by molar-refractivity contribution is 1.52. The Bertz CT molecular complexity index is 389. The van der Waals surface area contributed by atoms with E-state index in [0.29, 0.717) is 0 Å². The van der Waals surface area contributed by atoms with Crippen LogP contribution in [0, 0.1) is 6.92 Å². The molecule has 0 fully saturated rings. The van der Waals surface area contributed by atoms with Crippen LogP contribution in [0.5, 0.6) is 0 Å². The van der Waals surface area contributed by atoms with E-state index in [0.717, 1.165) is 5.00 Å². The van der Waals surface area contributed by atoms with E-state index in [1.54, 1.807) is 11.3 Å². The lowest BCUT2D eigenvalue weighted by Crippen LogP contribution is -1.72. The summed E-state index contributed by atoms with van der Waals surface area (Å²) >= 11 is 1.64. The van der Waals surface area contributed by atoms with Gasteiger partial charge in [0.2, 0.25) is 0 Å². The van der Waals surface area contributed by atoms with Crippen molar-refractivity contribution in [2.24, 2.45) is 0 Å². The predicted molar refractivity (Wildman–Crippen MR) is 51.0 cm³/mol. The summed E-state index contributed by atoms with van der Waals surface area (Å²) in [6, 6.07) is 8.40. The van der Waals surface area contributed by atoms with E-state index in [4.69, 9.17) is 5.73 Å². The molecule has 2 aromatic rings. The number of hydrogen-bond acceptors (Lipinski definition) is 2. The Labute approximate surface area is 69.5 Å². The molecule has 2 N–H and O–H groups in total. The first-order valence-corrected chi connectivity index (χ1v) is 4.33. The van der Waals surface area contributed by atoms with Gasteiger partial charge in [0.1, 0.15) is 0 Å². The zero-order valence-corrected chi connectivity index (χ0v) is 7.11. The highest BCUT2D eigenvalue weighted by Crippen LogP contribution is 2.27. The van der Waals surface area contributed by atoms with Gasteiger partial charge in [-0.25, -0.2) is 0 Å². The number of nitrogens with two attached hydrogens (primary N) is 1. The third-order valence-corrected chi connectivity index (χ3v) is 2.64. The van der Waals surface area contributed by atoms with Crippen molar-refractivity contribution in [3.8, 4) is 0 Å². The topological polar surface area (TPSA) is 26.0 Å². The van der Waals surface area contributed by atoms with E-state index in [1.807, 2.05) is 6.07 Å². The Balaban J connectivity index is 2.82. The second-order valence-corrected chi connectivity index (χ2v) is 3.81. The van der Waals surface area contributed by atoms with E-state index in [2.05, 4.69) is 25.1 Å². The van der Waals surface area contributed by atoms with Crippen LogP contribution in [-0.2, 0) is 0 Å². The third kappa shape index (κ3) is 1.10. The molecule has 1 aromatic carbocycles. The second kappa shape index (κ2) is 2.24. The van der Waals surface area contributed by atoms with E-state index >= 15 is 0 Å². The molecule has 2 heteroatoms. The van der Waals surface area contributed by atoms with Crippen LogP contribution in [0.4, 0.5) is 5.00 Å². The highest BCUT2D eigenvalue weighted by molar-refractivity contribution is 7.22. The molecule has 1 heterocycles. The number of benzene rings is 1. The molecule has 0 bridgehead atoms. The van der Waals surface area contributed by atoms with Crippen molar-refractivity contribution in [2.75, 3.05) is 5.73 Å². The molecule has 0 radical (unpaired) electrons. The minimum Gasteiger partial charge on any atom is -0.391 e. The van der Waals surface area contributed by atoms with Crippen molar-refractivity contribution in [2.45, 2.75) is 6.92 Å². The number of aryl methyl sites for hydroxylation is 1. The Morgan fingerprint density at radius 3 is 2.91 bits per heavy atom. The normalized spacial score (nSPS) is 10.6. The first-order valence-electron chi connectivity index (χ1n) is 3.51. The number of rotatable bonds is 0. The molecule has 11 heavy (non-hydrogen) atoms.